The molecule has 3 rings (SSSR count). The minimum absolute atomic E-state index is 0.122. The highest BCUT2D eigenvalue weighted by Crippen LogP contribution is 2.23. The highest BCUT2D eigenvalue weighted by Gasteiger charge is 2.40. The second kappa shape index (κ2) is 8.16. The molecule has 1 atom stereocenters. The smallest absolute Gasteiger partial charge is 0.253 e. The summed E-state index contributed by atoms with van der Waals surface area (Å²) in [6.45, 7) is 1.93. The topological polar surface area (TPSA) is 52.6 Å². The van der Waals surface area contributed by atoms with E-state index in [4.69, 9.17) is 11.6 Å². The number of piperidine rings is 1. The van der Waals surface area contributed by atoms with Gasteiger partial charge in [0, 0.05) is 24.7 Å². The first kappa shape index (κ1) is 18.8. The number of carbonyl (C=O) groups is 1. The molecule has 1 aliphatic rings. The number of benzene rings is 2. The van der Waals surface area contributed by atoms with Gasteiger partial charge in [-0.25, -0.2) is 4.39 Å². The average Bonchev–Trinajstić information content (AvgIpc) is 2.60. The Labute approximate surface area is 157 Å². The molecule has 0 aliphatic carbocycles. The summed E-state index contributed by atoms with van der Waals surface area (Å²) in [6, 6.07) is 14.1. The molecule has 1 heterocycles. The fraction of sp³-hybridized carbons (Fsp3) is 0.350. The van der Waals surface area contributed by atoms with E-state index >= 15 is 0 Å². The zero-order valence-corrected chi connectivity index (χ0v) is 15.2. The van der Waals surface area contributed by atoms with E-state index in [1.54, 1.807) is 6.07 Å². The Kier molecular flexibility index (Phi) is 5.91. The van der Waals surface area contributed by atoms with Gasteiger partial charge >= 0.3 is 0 Å². The maximum Gasteiger partial charge on any atom is 0.253 e. The lowest BCUT2D eigenvalue weighted by molar-refractivity contribution is -0.146. The molecular weight excluding hydrogens is 355 g/mol. The Morgan fingerprint density at radius 2 is 2.00 bits per heavy atom. The van der Waals surface area contributed by atoms with Crippen molar-refractivity contribution in [3.63, 3.8) is 0 Å². The number of carbonyl (C=O) groups excluding carboxylic acids is 1. The molecule has 1 saturated heterocycles. The van der Waals surface area contributed by atoms with Crippen LogP contribution < -0.4 is 5.32 Å². The van der Waals surface area contributed by atoms with Gasteiger partial charge in [-0.15, -0.1) is 0 Å². The zero-order valence-electron chi connectivity index (χ0n) is 14.4. The van der Waals surface area contributed by atoms with E-state index in [0.29, 0.717) is 18.5 Å². The van der Waals surface area contributed by atoms with E-state index in [0.717, 1.165) is 18.5 Å². The number of hydrogen-bond donors (Lipinski definition) is 2. The minimum atomic E-state index is -1.44. The average molecular weight is 377 g/mol. The van der Waals surface area contributed by atoms with E-state index in [-0.39, 0.29) is 18.1 Å². The van der Waals surface area contributed by atoms with Crippen LogP contribution in [-0.2, 0) is 17.9 Å². The monoisotopic (exact) mass is 376 g/mol. The van der Waals surface area contributed by atoms with E-state index in [2.05, 4.69) is 10.2 Å². The molecule has 2 aromatic carbocycles. The maximum atomic E-state index is 13.4. The van der Waals surface area contributed by atoms with Crippen molar-refractivity contribution in [2.45, 2.75) is 31.5 Å². The van der Waals surface area contributed by atoms with Crippen LogP contribution in [0.2, 0.25) is 5.02 Å². The Bertz CT molecular complexity index is 751. The number of likely N-dealkylation sites (tertiary alicyclic amines) is 1. The van der Waals surface area contributed by atoms with Gasteiger partial charge in [0.25, 0.3) is 5.91 Å². The number of nitrogens with zero attached hydrogens (tertiary/aromatic N) is 1. The van der Waals surface area contributed by atoms with Crippen LogP contribution in [0.5, 0.6) is 0 Å². The van der Waals surface area contributed by atoms with Crippen molar-refractivity contribution in [2.24, 2.45) is 0 Å². The molecule has 138 valence electrons. The van der Waals surface area contributed by atoms with Crippen LogP contribution >= 0.6 is 11.6 Å². The summed E-state index contributed by atoms with van der Waals surface area (Å²) in [7, 11) is 0. The van der Waals surface area contributed by atoms with Gasteiger partial charge in [0.2, 0.25) is 0 Å². The van der Waals surface area contributed by atoms with Gasteiger partial charge in [-0.1, -0.05) is 41.9 Å². The van der Waals surface area contributed by atoms with E-state index in [1.807, 2.05) is 30.3 Å². The van der Waals surface area contributed by atoms with Crippen LogP contribution in [0, 0.1) is 5.82 Å². The van der Waals surface area contributed by atoms with Gasteiger partial charge in [-0.2, -0.15) is 0 Å². The third-order valence-electron chi connectivity index (χ3n) is 4.60. The molecule has 0 spiro atoms. The van der Waals surface area contributed by atoms with Crippen LogP contribution in [0.3, 0.4) is 0 Å². The zero-order chi connectivity index (χ0) is 18.6. The summed E-state index contributed by atoms with van der Waals surface area (Å²) in [5.41, 5.74) is 0.264. The van der Waals surface area contributed by atoms with Crippen LogP contribution in [0.4, 0.5) is 4.39 Å². The number of rotatable bonds is 5. The number of nitrogens with one attached hydrogen (secondary N) is 1. The lowest BCUT2D eigenvalue weighted by Crippen LogP contribution is -2.56. The molecule has 1 fully saturated rings. The minimum Gasteiger partial charge on any atom is -0.379 e. The molecule has 1 unspecified atom stereocenters. The summed E-state index contributed by atoms with van der Waals surface area (Å²) < 4.78 is 13.4. The quantitative estimate of drug-likeness (QED) is 0.843. The fourth-order valence-corrected chi connectivity index (χ4v) is 3.59. The molecule has 26 heavy (non-hydrogen) atoms. The fourth-order valence-electron chi connectivity index (χ4n) is 3.34. The predicted octanol–water partition coefficient (Wildman–Crippen LogP) is 3.12. The molecule has 1 aliphatic heterocycles. The van der Waals surface area contributed by atoms with Gasteiger partial charge < -0.3 is 10.4 Å². The highest BCUT2D eigenvalue weighted by atomic mass is 35.5. The summed E-state index contributed by atoms with van der Waals surface area (Å²) in [4.78, 5) is 14.6. The van der Waals surface area contributed by atoms with E-state index in [1.165, 1.54) is 12.1 Å². The Balaban J connectivity index is 1.60. The van der Waals surface area contributed by atoms with Crippen molar-refractivity contribution in [1.29, 1.82) is 0 Å². The molecular formula is C20H22ClFN2O2. The van der Waals surface area contributed by atoms with Crippen LogP contribution in [0.25, 0.3) is 0 Å². The highest BCUT2D eigenvalue weighted by molar-refractivity contribution is 6.30. The molecule has 6 heteroatoms. The molecule has 0 saturated carbocycles. The molecule has 0 radical (unpaired) electrons. The SMILES string of the molecule is O=C(NCc1cc(F)cc(Cl)c1)C1(O)CCCN(Cc2ccccc2)C1. The van der Waals surface area contributed by atoms with Gasteiger partial charge in [-0.3, -0.25) is 9.69 Å². The van der Waals surface area contributed by atoms with Crippen molar-refractivity contribution in [2.75, 3.05) is 13.1 Å². The molecule has 2 aromatic rings. The number of hydrogen-bond acceptors (Lipinski definition) is 3. The normalized spacial score (nSPS) is 20.7. The van der Waals surface area contributed by atoms with E-state index in [9.17, 15) is 14.3 Å². The van der Waals surface area contributed by atoms with Crippen molar-refractivity contribution < 1.29 is 14.3 Å². The molecule has 0 bridgehead atoms. The molecule has 2 N–H and O–H groups in total. The first-order valence-electron chi connectivity index (χ1n) is 8.66. The Morgan fingerprint density at radius 1 is 1.23 bits per heavy atom. The summed E-state index contributed by atoms with van der Waals surface area (Å²) >= 11 is 5.83. The van der Waals surface area contributed by atoms with Crippen molar-refractivity contribution in [3.8, 4) is 0 Å². The Hall–Kier alpha value is -1.95. The van der Waals surface area contributed by atoms with Gasteiger partial charge in [0.1, 0.15) is 5.82 Å². The van der Waals surface area contributed by atoms with Crippen LogP contribution in [-0.4, -0.2) is 34.6 Å². The number of β-amino-alcohol motifs (C(OH)–C–C–N with tert-alkyl or cyclic N) is 1. The third-order valence-corrected chi connectivity index (χ3v) is 4.82. The molecule has 4 nitrogen and oxygen atoms in total. The van der Waals surface area contributed by atoms with Gasteiger partial charge in [0.05, 0.1) is 0 Å². The second-order valence-electron chi connectivity index (χ2n) is 6.79. The number of amides is 1. The lowest BCUT2D eigenvalue weighted by atomic mass is 9.91. The standard InChI is InChI=1S/C20H22ClFN2O2/c21-17-9-16(10-18(22)11-17)12-23-19(25)20(26)7-4-8-24(14-20)13-15-5-2-1-3-6-15/h1-3,5-6,9-11,26H,4,7-8,12-14H2,(H,23,25). The third kappa shape index (κ3) is 4.81. The van der Waals surface area contributed by atoms with Crippen molar-refractivity contribution in [3.05, 3.63) is 70.5 Å². The summed E-state index contributed by atoms with van der Waals surface area (Å²) in [5, 5.41) is 13.8. The second-order valence-corrected chi connectivity index (χ2v) is 7.23. The first-order valence-corrected chi connectivity index (χ1v) is 9.04. The van der Waals surface area contributed by atoms with E-state index < -0.39 is 17.3 Å². The number of halogens is 2. The largest absolute Gasteiger partial charge is 0.379 e. The Morgan fingerprint density at radius 3 is 2.73 bits per heavy atom. The van der Waals surface area contributed by atoms with Crippen molar-refractivity contribution in [1.82, 2.24) is 10.2 Å². The van der Waals surface area contributed by atoms with Crippen LogP contribution in [0.15, 0.2) is 48.5 Å². The van der Waals surface area contributed by atoms with Gasteiger partial charge in [-0.05, 0) is 48.7 Å². The summed E-state index contributed by atoms with van der Waals surface area (Å²) in [6.07, 6.45) is 1.15. The molecule has 0 aromatic heterocycles. The lowest BCUT2D eigenvalue weighted by Gasteiger charge is -2.38. The number of aliphatic hydroxyl groups is 1. The van der Waals surface area contributed by atoms with Gasteiger partial charge in [0.15, 0.2) is 5.60 Å². The molecule has 1 amide bonds. The predicted molar refractivity (Wildman–Crippen MR) is 99.2 cm³/mol. The maximum absolute atomic E-state index is 13.4. The summed E-state index contributed by atoms with van der Waals surface area (Å²) in [5.74, 6) is -0.886. The first-order chi connectivity index (χ1) is 12.4. The van der Waals surface area contributed by atoms with Crippen molar-refractivity contribution >= 4 is 17.5 Å². The van der Waals surface area contributed by atoms with Crippen LogP contribution in [0.1, 0.15) is 24.0 Å².